The fourth-order valence-corrected chi connectivity index (χ4v) is 2.24. The van der Waals surface area contributed by atoms with Gasteiger partial charge in [-0.1, -0.05) is 15.9 Å². The first-order valence-electron chi connectivity index (χ1n) is 5.93. The number of hydrogen-bond acceptors (Lipinski definition) is 4. The Labute approximate surface area is 122 Å². The van der Waals surface area contributed by atoms with Crippen molar-refractivity contribution in [3.8, 4) is 11.8 Å². The molecule has 0 aliphatic heterocycles. The smallest absolute Gasteiger partial charge is 0.303 e. The van der Waals surface area contributed by atoms with Crippen molar-refractivity contribution in [3.63, 3.8) is 0 Å². The predicted molar refractivity (Wildman–Crippen MR) is 75.8 cm³/mol. The number of nitrogens with zero attached hydrogens (tertiary/aromatic N) is 4. The standard InChI is InChI=1S/C13H10BrFN4O/c14-9-1-2-10-11(7-9)19(12-3-5-16-8-17-12)13(18-10)20-6-4-15/h1-3,5,7-8H,4,6H2. The van der Waals surface area contributed by atoms with Crippen molar-refractivity contribution in [2.24, 2.45) is 0 Å². The average Bonchev–Trinajstić information content (AvgIpc) is 2.83. The molecule has 0 N–H and O–H groups in total. The van der Waals surface area contributed by atoms with Crippen LogP contribution in [0, 0.1) is 0 Å². The van der Waals surface area contributed by atoms with E-state index in [0.29, 0.717) is 11.8 Å². The minimum absolute atomic E-state index is 0.0461. The van der Waals surface area contributed by atoms with Gasteiger partial charge in [0.05, 0.1) is 11.0 Å². The Morgan fingerprint density at radius 1 is 1.30 bits per heavy atom. The lowest BCUT2D eigenvalue weighted by molar-refractivity contribution is 0.252. The predicted octanol–water partition coefficient (Wildman–Crippen LogP) is 2.93. The van der Waals surface area contributed by atoms with Crippen LogP contribution in [0.4, 0.5) is 4.39 Å². The highest BCUT2D eigenvalue weighted by Gasteiger charge is 2.14. The van der Waals surface area contributed by atoms with E-state index in [1.807, 2.05) is 18.2 Å². The first kappa shape index (κ1) is 13.0. The Morgan fingerprint density at radius 2 is 2.20 bits per heavy atom. The number of aromatic nitrogens is 4. The molecule has 0 saturated heterocycles. The van der Waals surface area contributed by atoms with Crippen LogP contribution < -0.4 is 4.74 Å². The first-order chi connectivity index (χ1) is 9.79. The van der Waals surface area contributed by atoms with Crippen molar-refractivity contribution < 1.29 is 9.13 Å². The summed E-state index contributed by atoms with van der Waals surface area (Å²) >= 11 is 3.43. The normalized spacial score (nSPS) is 10.9. The molecule has 0 spiro atoms. The van der Waals surface area contributed by atoms with Gasteiger partial charge in [0.2, 0.25) is 0 Å². The van der Waals surface area contributed by atoms with Gasteiger partial charge in [-0.25, -0.2) is 18.9 Å². The van der Waals surface area contributed by atoms with Gasteiger partial charge in [0.1, 0.15) is 25.4 Å². The van der Waals surface area contributed by atoms with Crippen molar-refractivity contribution in [1.29, 1.82) is 0 Å². The van der Waals surface area contributed by atoms with Crippen LogP contribution in [0.15, 0.2) is 41.3 Å². The van der Waals surface area contributed by atoms with Gasteiger partial charge in [-0.15, -0.1) is 0 Å². The molecule has 1 aromatic carbocycles. The molecule has 0 aliphatic carbocycles. The number of benzene rings is 1. The molecule has 2 aromatic heterocycles. The lowest BCUT2D eigenvalue weighted by Crippen LogP contribution is -2.06. The highest BCUT2D eigenvalue weighted by Crippen LogP contribution is 2.27. The van der Waals surface area contributed by atoms with Gasteiger partial charge in [0.25, 0.3) is 0 Å². The minimum atomic E-state index is -0.573. The van der Waals surface area contributed by atoms with E-state index in [9.17, 15) is 4.39 Å². The molecule has 0 saturated carbocycles. The van der Waals surface area contributed by atoms with Crippen LogP contribution in [0.5, 0.6) is 6.01 Å². The molecule has 7 heteroatoms. The Bertz CT molecular complexity index is 732. The van der Waals surface area contributed by atoms with Gasteiger partial charge in [-0.2, -0.15) is 4.98 Å². The Hall–Kier alpha value is -2.02. The third-order valence-corrected chi connectivity index (χ3v) is 3.18. The van der Waals surface area contributed by atoms with E-state index in [1.54, 1.807) is 16.8 Å². The molecule has 0 atom stereocenters. The minimum Gasteiger partial charge on any atom is -0.462 e. The van der Waals surface area contributed by atoms with Crippen molar-refractivity contribution in [2.75, 3.05) is 13.3 Å². The average molecular weight is 337 g/mol. The van der Waals surface area contributed by atoms with Crippen LogP contribution in [0.1, 0.15) is 0 Å². The third-order valence-electron chi connectivity index (χ3n) is 2.69. The molecule has 102 valence electrons. The Kier molecular flexibility index (Phi) is 3.60. The van der Waals surface area contributed by atoms with Gasteiger partial charge in [0, 0.05) is 10.7 Å². The summed E-state index contributed by atoms with van der Waals surface area (Å²) in [5.41, 5.74) is 1.58. The van der Waals surface area contributed by atoms with Crippen LogP contribution in [-0.2, 0) is 0 Å². The fraction of sp³-hybridized carbons (Fsp3) is 0.154. The van der Waals surface area contributed by atoms with Crippen molar-refractivity contribution >= 4 is 27.0 Å². The summed E-state index contributed by atoms with van der Waals surface area (Å²) in [4.78, 5) is 12.4. The summed E-state index contributed by atoms with van der Waals surface area (Å²) in [7, 11) is 0. The molecule has 3 aromatic rings. The maximum atomic E-state index is 12.3. The molecule has 0 fully saturated rings. The number of rotatable bonds is 4. The zero-order valence-electron chi connectivity index (χ0n) is 10.3. The monoisotopic (exact) mass is 336 g/mol. The second kappa shape index (κ2) is 5.54. The van der Waals surface area contributed by atoms with Crippen LogP contribution in [0.3, 0.4) is 0 Å². The van der Waals surface area contributed by atoms with Crippen LogP contribution in [0.2, 0.25) is 0 Å². The summed E-state index contributed by atoms with van der Waals surface area (Å²) in [6, 6.07) is 7.71. The number of fused-ring (bicyclic) bond motifs is 1. The van der Waals surface area contributed by atoms with Crippen LogP contribution >= 0.6 is 15.9 Å². The van der Waals surface area contributed by atoms with Gasteiger partial charge in [-0.05, 0) is 24.3 Å². The zero-order valence-corrected chi connectivity index (χ0v) is 11.9. The maximum absolute atomic E-state index is 12.3. The number of halogens is 2. The summed E-state index contributed by atoms with van der Waals surface area (Å²) in [5, 5.41) is 0. The summed E-state index contributed by atoms with van der Waals surface area (Å²) in [6.45, 7) is -0.619. The van der Waals surface area contributed by atoms with Gasteiger partial charge >= 0.3 is 6.01 Å². The second-order valence-electron chi connectivity index (χ2n) is 3.97. The number of ether oxygens (including phenoxy) is 1. The molecule has 3 rings (SSSR count). The van der Waals surface area contributed by atoms with E-state index in [0.717, 1.165) is 15.5 Å². The van der Waals surface area contributed by atoms with Crippen LogP contribution in [-0.4, -0.2) is 32.8 Å². The molecule has 5 nitrogen and oxygen atoms in total. The van der Waals surface area contributed by atoms with E-state index in [-0.39, 0.29) is 6.61 Å². The summed E-state index contributed by atoms with van der Waals surface area (Å²) in [5.74, 6) is 0.620. The molecule has 0 bridgehead atoms. The van der Waals surface area contributed by atoms with Gasteiger partial charge in [0.15, 0.2) is 0 Å². The molecule has 20 heavy (non-hydrogen) atoms. The lowest BCUT2D eigenvalue weighted by Gasteiger charge is -2.07. The Morgan fingerprint density at radius 3 is 2.95 bits per heavy atom. The molecule has 0 amide bonds. The maximum Gasteiger partial charge on any atom is 0.303 e. The largest absolute Gasteiger partial charge is 0.462 e. The third kappa shape index (κ3) is 2.36. The van der Waals surface area contributed by atoms with E-state index >= 15 is 0 Å². The summed E-state index contributed by atoms with van der Waals surface area (Å²) in [6.07, 6.45) is 3.07. The number of alkyl halides is 1. The number of imidazole rings is 1. The molecule has 0 unspecified atom stereocenters. The molecule has 2 heterocycles. The van der Waals surface area contributed by atoms with Crippen molar-refractivity contribution in [1.82, 2.24) is 19.5 Å². The molecular weight excluding hydrogens is 327 g/mol. The van der Waals surface area contributed by atoms with E-state index in [4.69, 9.17) is 4.74 Å². The molecule has 0 aliphatic rings. The van der Waals surface area contributed by atoms with E-state index in [2.05, 4.69) is 30.9 Å². The summed E-state index contributed by atoms with van der Waals surface area (Å²) < 4.78 is 20.4. The van der Waals surface area contributed by atoms with Crippen molar-refractivity contribution in [3.05, 3.63) is 41.3 Å². The SMILES string of the molecule is FCCOc1nc2ccc(Br)cc2n1-c1ccncn1. The van der Waals surface area contributed by atoms with E-state index < -0.39 is 6.67 Å². The van der Waals surface area contributed by atoms with E-state index in [1.165, 1.54) is 6.33 Å². The molecule has 0 radical (unpaired) electrons. The fourth-order valence-electron chi connectivity index (χ4n) is 1.89. The van der Waals surface area contributed by atoms with Gasteiger partial charge < -0.3 is 4.74 Å². The van der Waals surface area contributed by atoms with Gasteiger partial charge in [-0.3, -0.25) is 0 Å². The molecular formula is C13H10BrFN4O. The highest BCUT2D eigenvalue weighted by atomic mass is 79.9. The first-order valence-corrected chi connectivity index (χ1v) is 6.72. The second-order valence-corrected chi connectivity index (χ2v) is 4.88. The van der Waals surface area contributed by atoms with Crippen LogP contribution in [0.25, 0.3) is 16.9 Å². The highest BCUT2D eigenvalue weighted by molar-refractivity contribution is 9.10. The van der Waals surface area contributed by atoms with Crippen molar-refractivity contribution in [2.45, 2.75) is 0 Å². The quantitative estimate of drug-likeness (QED) is 0.735. The Balaban J connectivity index is 2.22. The lowest BCUT2D eigenvalue weighted by atomic mass is 10.3. The topological polar surface area (TPSA) is 52.8 Å². The number of hydrogen-bond donors (Lipinski definition) is 0. The zero-order chi connectivity index (χ0) is 13.9.